The Morgan fingerprint density at radius 2 is 2.08 bits per heavy atom. The highest BCUT2D eigenvalue weighted by Crippen LogP contribution is 2.30. The lowest BCUT2D eigenvalue weighted by molar-refractivity contribution is -0.145. The van der Waals surface area contributed by atoms with E-state index in [4.69, 9.17) is 16.3 Å². The number of nitrogens with one attached hydrogen (secondary N) is 2. The summed E-state index contributed by atoms with van der Waals surface area (Å²) in [6.07, 6.45) is 2.73. The standard InChI is InChI=1S/C25H28ClN5O7S2/c1-15-17(31-11-8-18(32)24(31)34)4-3-5-20(15)40(36,37)29-16(14-28-23(33)19-6-7-21(26)39-19)25(35)38-13-9-22-27-10-12-30(22)2/h3-7,10,12,16,18,29,32H,8-9,11,13-14H2,1-2H3,(H,28,33)/t16-,18+/m0/s1. The summed E-state index contributed by atoms with van der Waals surface area (Å²) in [5.74, 6) is -1.28. The SMILES string of the molecule is Cc1c(N2CC[C@@H](O)C2=O)cccc1S(=O)(=O)N[C@@H](CNC(=O)c1ccc(Cl)s1)C(=O)OCCc1nccn1C. The molecule has 214 valence electrons. The van der Waals surface area contributed by atoms with E-state index in [0.29, 0.717) is 22.3 Å². The summed E-state index contributed by atoms with van der Waals surface area (Å²) in [6, 6.07) is 5.99. The molecule has 15 heteroatoms. The largest absolute Gasteiger partial charge is 0.464 e. The summed E-state index contributed by atoms with van der Waals surface area (Å²) < 4.78 is 36.8. The third-order valence-corrected chi connectivity index (χ3v) is 9.20. The first-order valence-electron chi connectivity index (χ1n) is 12.3. The van der Waals surface area contributed by atoms with Gasteiger partial charge in [-0.05, 0) is 36.8 Å². The zero-order chi connectivity index (χ0) is 29.0. The van der Waals surface area contributed by atoms with Gasteiger partial charge < -0.3 is 24.6 Å². The van der Waals surface area contributed by atoms with E-state index in [-0.39, 0.29) is 34.9 Å². The Labute approximate surface area is 240 Å². The second-order valence-electron chi connectivity index (χ2n) is 9.05. The number of aliphatic hydroxyl groups excluding tert-OH is 1. The summed E-state index contributed by atoms with van der Waals surface area (Å²) in [4.78, 5) is 43.6. The number of hydrogen-bond acceptors (Lipinski definition) is 9. The van der Waals surface area contributed by atoms with Gasteiger partial charge in [-0.2, -0.15) is 4.72 Å². The highest BCUT2D eigenvalue weighted by atomic mass is 35.5. The van der Waals surface area contributed by atoms with E-state index in [1.807, 2.05) is 0 Å². The quantitative estimate of drug-likeness (QED) is 0.275. The number of aryl methyl sites for hydroxylation is 1. The molecule has 2 amide bonds. The Morgan fingerprint density at radius 3 is 2.70 bits per heavy atom. The van der Waals surface area contributed by atoms with Crippen LogP contribution in [0.15, 0.2) is 47.6 Å². The van der Waals surface area contributed by atoms with Crippen LogP contribution >= 0.6 is 22.9 Å². The predicted molar refractivity (Wildman–Crippen MR) is 148 cm³/mol. The van der Waals surface area contributed by atoms with Crippen molar-refractivity contribution in [1.82, 2.24) is 19.6 Å². The summed E-state index contributed by atoms with van der Waals surface area (Å²) in [6.45, 7) is 1.31. The summed E-state index contributed by atoms with van der Waals surface area (Å²) in [5.41, 5.74) is 0.595. The molecule has 1 saturated heterocycles. The Balaban J connectivity index is 1.53. The maximum atomic E-state index is 13.5. The van der Waals surface area contributed by atoms with E-state index in [0.717, 1.165) is 11.3 Å². The number of nitrogens with zero attached hydrogens (tertiary/aromatic N) is 3. The molecule has 0 bridgehead atoms. The second kappa shape index (κ2) is 12.5. The molecule has 0 unspecified atom stereocenters. The van der Waals surface area contributed by atoms with Crippen molar-refractivity contribution in [2.75, 3.05) is 24.6 Å². The van der Waals surface area contributed by atoms with E-state index >= 15 is 0 Å². The van der Waals surface area contributed by atoms with Crippen LogP contribution in [0.4, 0.5) is 5.69 Å². The van der Waals surface area contributed by atoms with Gasteiger partial charge in [0.1, 0.15) is 18.0 Å². The van der Waals surface area contributed by atoms with Crippen LogP contribution in [0.25, 0.3) is 0 Å². The van der Waals surface area contributed by atoms with Gasteiger partial charge in [0.2, 0.25) is 10.0 Å². The first kappa shape index (κ1) is 29.7. The van der Waals surface area contributed by atoms with Gasteiger partial charge in [-0.3, -0.25) is 14.4 Å². The molecule has 1 aliphatic heterocycles. The van der Waals surface area contributed by atoms with E-state index in [1.165, 1.54) is 30.0 Å². The number of ether oxygens (including phenoxy) is 1. The average Bonchev–Trinajstić information content (AvgIpc) is 3.62. The van der Waals surface area contributed by atoms with Crippen LogP contribution in [0.3, 0.4) is 0 Å². The van der Waals surface area contributed by atoms with Crippen LogP contribution in [0.5, 0.6) is 0 Å². The molecule has 1 fully saturated rings. The monoisotopic (exact) mass is 609 g/mol. The summed E-state index contributed by atoms with van der Waals surface area (Å²) >= 11 is 6.94. The zero-order valence-electron chi connectivity index (χ0n) is 21.7. The number of carbonyl (C=O) groups is 3. The van der Waals surface area contributed by atoms with Crippen molar-refractivity contribution >= 4 is 56.4 Å². The van der Waals surface area contributed by atoms with Crippen molar-refractivity contribution in [3.63, 3.8) is 0 Å². The number of sulfonamides is 1. The van der Waals surface area contributed by atoms with E-state index in [1.54, 1.807) is 36.1 Å². The Kier molecular flexibility index (Phi) is 9.26. The molecule has 4 rings (SSSR count). The smallest absolute Gasteiger partial charge is 0.326 e. The van der Waals surface area contributed by atoms with Gasteiger partial charge in [0, 0.05) is 51.1 Å². The molecule has 3 heterocycles. The van der Waals surface area contributed by atoms with Crippen LogP contribution in [-0.4, -0.2) is 72.7 Å². The molecule has 12 nitrogen and oxygen atoms in total. The lowest BCUT2D eigenvalue weighted by Crippen LogP contribution is -2.49. The molecule has 2 atom stereocenters. The van der Waals surface area contributed by atoms with Gasteiger partial charge in [-0.25, -0.2) is 13.4 Å². The van der Waals surface area contributed by atoms with Crippen molar-refractivity contribution in [3.05, 3.63) is 63.3 Å². The van der Waals surface area contributed by atoms with Crippen LogP contribution in [0.1, 0.15) is 27.5 Å². The number of halogens is 1. The molecular weight excluding hydrogens is 582 g/mol. The summed E-state index contributed by atoms with van der Waals surface area (Å²) in [5, 5.41) is 12.4. The molecule has 0 aliphatic carbocycles. The second-order valence-corrected chi connectivity index (χ2v) is 12.5. The number of amides is 2. The molecule has 2 aromatic heterocycles. The first-order chi connectivity index (χ1) is 19.0. The number of aromatic nitrogens is 2. The van der Waals surface area contributed by atoms with Gasteiger partial charge >= 0.3 is 5.97 Å². The number of thiophene rings is 1. The molecule has 40 heavy (non-hydrogen) atoms. The fourth-order valence-electron chi connectivity index (χ4n) is 4.21. The fourth-order valence-corrected chi connectivity index (χ4v) is 6.62. The van der Waals surface area contributed by atoms with Crippen LogP contribution in [-0.2, 0) is 37.8 Å². The summed E-state index contributed by atoms with van der Waals surface area (Å²) in [7, 11) is -2.55. The van der Waals surface area contributed by atoms with Gasteiger partial charge in [0.05, 0.1) is 20.7 Å². The molecule has 1 aliphatic rings. The number of benzene rings is 1. The van der Waals surface area contributed by atoms with Crippen LogP contribution in [0.2, 0.25) is 4.34 Å². The number of anilines is 1. The van der Waals surface area contributed by atoms with Crippen molar-refractivity contribution in [2.24, 2.45) is 7.05 Å². The number of hydrogen-bond donors (Lipinski definition) is 3. The first-order valence-corrected chi connectivity index (χ1v) is 14.9. The van der Waals surface area contributed by atoms with E-state index < -0.39 is 46.5 Å². The van der Waals surface area contributed by atoms with Crippen molar-refractivity contribution in [2.45, 2.75) is 36.8 Å². The molecule has 3 aromatic rings. The fraction of sp³-hybridized carbons (Fsp3) is 0.360. The van der Waals surface area contributed by atoms with Gasteiger partial charge in [0.15, 0.2) is 0 Å². The topological polar surface area (TPSA) is 160 Å². The predicted octanol–water partition coefficient (Wildman–Crippen LogP) is 1.40. The third kappa shape index (κ3) is 6.70. The number of esters is 1. The van der Waals surface area contributed by atoms with Gasteiger partial charge in [-0.15, -0.1) is 11.3 Å². The van der Waals surface area contributed by atoms with Gasteiger partial charge in [-0.1, -0.05) is 17.7 Å². The lowest BCUT2D eigenvalue weighted by atomic mass is 10.2. The van der Waals surface area contributed by atoms with Gasteiger partial charge in [0.25, 0.3) is 11.8 Å². The average molecular weight is 610 g/mol. The number of rotatable bonds is 11. The Bertz CT molecular complexity index is 1520. The number of imidazole rings is 1. The lowest BCUT2D eigenvalue weighted by Gasteiger charge is -2.22. The molecule has 0 spiro atoms. The maximum absolute atomic E-state index is 13.5. The molecular formula is C25H28ClN5O7S2. The minimum atomic E-state index is -4.34. The highest BCUT2D eigenvalue weighted by Gasteiger charge is 2.34. The van der Waals surface area contributed by atoms with Crippen LogP contribution < -0.4 is 14.9 Å². The van der Waals surface area contributed by atoms with Crippen LogP contribution in [0, 0.1) is 6.92 Å². The minimum absolute atomic E-state index is 0.0652. The molecule has 0 radical (unpaired) electrons. The van der Waals surface area contributed by atoms with Crippen molar-refractivity contribution in [1.29, 1.82) is 0 Å². The zero-order valence-corrected chi connectivity index (χ0v) is 24.1. The third-order valence-electron chi connectivity index (χ3n) is 6.35. The Morgan fingerprint density at radius 1 is 1.30 bits per heavy atom. The van der Waals surface area contributed by atoms with Crippen molar-refractivity contribution < 1.29 is 32.6 Å². The van der Waals surface area contributed by atoms with E-state index in [2.05, 4.69) is 15.0 Å². The van der Waals surface area contributed by atoms with Crippen molar-refractivity contribution in [3.8, 4) is 0 Å². The number of aliphatic hydroxyl groups is 1. The Hall–Kier alpha value is -3.30. The van der Waals surface area contributed by atoms with E-state index in [9.17, 15) is 27.9 Å². The normalized spacial score (nSPS) is 16.2. The number of carbonyl (C=O) groups excluding carboxylic acids is 3. The highest BCUT2D eigenvalue weighted by molar-refractivity contribution is 7.89. The maximum Gasteiger partial charge on any atom is 0.326 e. The minimum Gasteiger partial charge on any atom is -0.464 e. The molecule has 3 N–H and O–H groups in total. The molecule has 1 aromatic carbocycles. The molecule has 0 saturated carbocycles.